The first-order valence-electron chi connectivity index (χ1n) is 5.07. The van der Waals surface area contributed by atoms with Gasteiger partial charge in [-0.15, -0.1) is 0 Å². The Bertz CT molecular complexity index is 388. The number of esters is 1. The van der Waals surface area contributed by atoms with Gasteiger partial charge in [-0.2, -0.15) is 11.3 Å². The molecule has 86 valence electrons. The highest BCUT2D eigenvalue weighted by molar-refractivity contribution is 7.07. The molecule has 1 atom stereocenters. The van der Waals surface area contributed by atoms with Crippen molar-refractivity contribution in [2.24, 2.45) is 5.92 Å². The second-order valence-electron chi connectivity index (χ2n) is 3.83. The summed E-state index contributed by atoms with van der Waals surface area (Å²) in [6.45, 7) is 1.07. The van der Waals surface area contributed by atoms with Crippen molar-refractivity contribution in [2.75, 3.05) is 13.7 Å². The van der Waals surface area contributed by atoms with Crippen molar-refractivity contribution >= 4 is 23.2 Å². The van der Waals surface area contributed by atoms with Gasteiger partial charge in [-0.25, -0.2) is 0 Å². The first-order chi connectivity index (χ1) is 7.70. The normalized spacial score (nSPS) is 20.2. The summed E-state index contributed by atoms with van der Waals surface area (Å²) in [5.41, 5.74) is 1.11. The summed E-state index contributed by atoms with van der Waals surface area (Å²) >= 11 is 1.61. The quantitative estimate of drug-likeness (QED) is 0.746. The maximum absolute atomic E-state index is 11.7. The predicted molar refractivity (Wildman–Crippen MR) is 59.9 cm³/mol. The first kappa shape index (κ1) is 11.1. The Balaban J connectivity index is 1.97. The minimum Gasteiger partial charge on any atom is -0.469 e. The van der Waals surface area contributed by atoms with Crippen molar-refractivity contribution in [3.63, 3.8) is 0 Å². The van der Waals surface area contributed by atoms with E-state index in [4.69, 9.17) is 0 Å². The smallest absolute Gasteiger partial charge is 0.310 e. The van der Waals surface area contributed by atoms with Crippen molar-refractivity contribution in [2.45, 2.75) is 13.0 Å². The van der Waals surface area contributed by atoms with Crippen LogP contribution in [0.4, 0.5) is 0 Å². The number of methoxy groups -OCH3 is 1. The molecular formula is C11H13NO3S. The first-order valence-corrected chi connectivity index (χ1v) is 6.01. The SMILES string of the molecule is COC(=O)C1CC(=O)N(Cc2ccsc2)C1. The van der Waals surface area contributed by atoms with Gasteiger partial charge in [0.1, 0.15) is 0 Å². The zero-order valence-electron chi connectivity index (χ0n) is 9.01. The lowest BCUT2D eigenvalue weighted by atomic mass is 10.1. The average molecular weight is 239 g/mol. The highest BCUT2D eigenvalue weighted by Crippen LogP contribution is 2.21. The lowest BCUT2D eigenvalue weighted by Crippen LogP contribution is -2.25. The van der Waals surface area contributed by atoms with Gasteiger partial charge in [-0.05, 0) is 22.4 Å². The Morgan fingerprint density at radius 3 is 3.12 bits per heavy atom. The van der Waals surface area contributed by atoms with E-state index in [0.29, 0.717) is 13.1 Å². The highest BCUT2D eigenvalue weighted by atomic mass is 32.1. The summed E-state index contributed by atoms with van der Waals surface area (Å²) < 4.78 is 4.65. The van der Waals surface area contributed by atoms with E-state index < -0.39 is 0 Å². The van der Waals surface area contributed by atoms with Gasteiger partial charge in [0.25, 0.3) is 0 Å². The Hall–Kier alpha value is -1.36. The van der Waals surface area contributed by atoms with E-state index in [1.807, 2.05) is 16.8 Å². The van der Waals surface area contributed by atoms with Crippen LogP contribution in [-0.2, 0) is 20.9 Å². The monoisotopic (exact) mass is 239 g/mol. The molecule has 0 N–H and O–H groups in total. The van der Waals surface area contributed by atoms with Gasteiger partial charge in [0.05, 0.1) is 13.0 Å². The molecule has 16 heavy (non-hydrogen) atoms. The number of hydrogen-bond donors (Lipinski definition) is 0. The number of nitrogens with zero attached hydrogens (tertiary/aromatic N) is 1. The number of rotatable bonds is 3. The summed E-state index contributed by atoms with van der Waals surface area (Å²) in [6.07, 6.45) is 0.275. The summed E-state index contributed by atoms with van der Waals surface area (Å²) in [5, 5.41) is 3.99. The van der Waals surface area contributed by atoms with Crippen LogP contribution in [0.3, 0.4) is 0 Å². The van der Waals surface area contributed by atoms with Crippen molar-refractivity contribution in [1.29, 1.82) is 0 Å². The molecule has 1 unspecified atom stereocenters. The average Bonchev–Trinajstić information content (AvgIpc) is 2.89. The molecular weight excluding hydrogens is 226 g/mol. The topological polar surface area (TPSA) is 46.6 Å². The van der Waals surface area contributed by atoms with Crippen molar-refractivity contribution in [3.8, 4) is 0 Å². The molecule has 2 rings (SSSR count). The standard InChI is InChI=1S/C11H13NO3S/c1-15-11(14)9-4-10(13)12(6-9)5-8-2-3-16-7-8/h2-3,7,9H,4-6H2,1H3. The minimum absolute atomic E-state index is 0.0293. The lowest BCUT2D eigenvalue weighted by molar-refractivity contribution is -0.145. The van der Waals surface area contributed by atoms with Gasteiger partial charge in [0.2, 0.25) is 5.91 Å². The van der Waals surface area contributed by atoms with Crippen molar-refractivity contribution < 1.29 is 14.3 Å². The van der Waals surface area contributed by atoms with Crippen LogP contribution in [0.25, 0.3) is 0 Å². The second kappa shape index (κ2) is 4.65. The van der Waals surface area contributed by atoms with E-state index in [0.717, 1.165) is 5.56 Å². The van der Waals surface area contributed by atoms with Crippen LogP contribution < -0.4 is 0 Å². The van der Waals surface area contributed by atoms with Crippen LogP contribution in [0.2, 0.25) is 0 Å². The molecule has 0 aliphatic carbocycles. The van der Waals surface area contributed by atoms with Crippen LogP contribution in [-0.4, -0.2) is 30.4 Å². The number of hydrogen-bond acceptors (Lipinski definition) is 4. The van der Waals surface area contributed by atoms with E-state index in [9.17, 15) is 9.59 Å². The second-order valence-corrected chi connectivity index (χ2v) is 4.61. The summed E-state index contributed by atoms with van der Waals surface area (Å²) in [5.74, 6) is -0.557. The molecule has 0 spiro atoms. The fourth-order valence-corrected chi connectivity index (χ4v) is 2.51. The largest absolute Gasteiger partial charge is 0.469 e. The van der Waals surface area contributed by atoms with Gasteiger partial charge >= 0.3 is 5.97 Å². The molecule has 0 radical (unpaired) electrons. The molecule has 1 aliphatic rings. The maximum Gasteiger partial charge on any atom is 0.310 e. The van der Waals surface area contributed by atoms with Gasteiger partial charge in [0.15, 0.2) is 0 Å². The predicted octanol–water partition coefficient (Wildman–Crippen LogP) is 1.27. The van der Waals surface area contributed by atoms with Crippen LogP contribution in [0.1, 0.15) is 12.0 Å². The molecule has 0 saturated carbocycles. The summed E-state index contributed by atoms with van der Waals surface area (Å²) in [4.78, 5) is 24.7. The fraction of sp³-hybridized carbons (Fsp3) is 0.455. The molecule has 1 fully saturated rings. The van der Waals surface area contributed by atoms with Crippen LogP contribution >= 0.6 is 11.3 Å². The molecule has 1 aliphatic heterocycles. The van der Waals surface area contributed by atoms with E-state index in [1.54, 1.807) is 16.2 Å². The number of amides is 1. The molecule has 0 aromatic carbocycles. The van der Waals surface area contributed by atoms with Gasteiger partial charge in [0, 0.05) is 19.5 Å². The van der Waals surface area contributed by atoms with Gasteiger partial charge in [-0.3, -0.25) is 9.59 Å². The Morgan fingerprint density at radius 2 is 2.50 bits per heavy atom. The molecule has 5 heteroatoms. The Kier molecular flexibility index (Phi) is 3.24. The van der Waals surface area contributed by atoms with E-state index >= 15 is 0 Å². The van der Waals surface area contributed by atoms with Crippen molar-refractivity contribution in [3.05, 3.63) is 22.4 Å². The fourth-order valence-electron chi connectivity index (χ4n) is 1.85. The minimum atomic E-state index is -0.295. The summed E-state index contributed by atoms with van der Waals surface area (Å²) in [7, 11) is 1.36. The lowest BCUT2D eigenvalue weighted by Gasteiger charge is -2.14. The zero-order chi connectivity index (χ0) is 11.5. The third-order valence-corrected chi connectivity index (χ3v) is 3.43. The maximum atomic E-state index is 11.7. The van der Waals surface area contributed by atoms with E-state index in [-0.39, 0.29) is 24.2 Å². The Labute approximate surface area is 97.8 Å². The number of ether oxygens (including phenoxy) is 1. The van der Waals surface area contributed by atoms with Crippen molar-refractivity contribution in [1.82, 2.24) is 4.90 Å². The number of likely N-dealkylation sites (tertiary alicyclic amines) is 1. The Morgan fingerprint density at radius 1 is 1.69 bits per heavy atom. The van der Waals surface area contributed by atoms with Crippen LogP contribution in [0.5, 0.6) is 0 Å². The van der Waals surface area contributed by atoms with Gasteiger partial charge < -0.3 is 9.64 Å². The van der Waals surface area contributed by atoms with Gasteiger partial charge in [-0.1, -0.05) is 0 Å². The highest BCUT2D eigenvalue weighted by Gasteiger charge is 2.34. The molecule has 4 nitrogen and oxygen atoms in total. The van der Waals surface area contributed by atoms with E-state index in [1.165, 1.54) is 7.11 Å². The third-order valence-electron chi connectivity index (χ3n) is 2.70. The van der Waals surface area contributed by atoms with Crippen LogP contribution in [0, 0.1) is 5.92 Å². The molecule has 1 aromatic heterocycles. The molecule has 1 aromatic rings. The molecule has 1 saturated heterocycles. The van der Waals surface area contributed by atoms with E-state index in [2.05, 4.69) is 4.74 Å². The number of thiophene rings is 1. The molecule has 0 bridgehead atoms. The summed E-state index contributed by atoms with van der Waals surface area (Å²) in [6, 6.07) is 1.99. The number of carbonyl (C=O) groups excluding carboxylic acids is 2. The third kappa shape index (κ3) is 2.24. The number of carbonyl (C=O) groups is 2. The zero-order valence-corrected chi connectivity index (χ0v) is 9.83. The van der Waals surface area contributed by atoms with Crippen LogP contribution in [0.15, 0.2) is 16.8 Å². The molecule has 1 amide bonds. The molecule has 2 heterocycles.